The predicted octanol–water partition coefficient (Wildman–Crippen LogP) is 2.14. The summed E-state index contributed by atoms with van der Waals surface area (Å²) in [5.74, 6) is 0.836. The lowest BCUT2D eigenvalue weighted by Crippen LogP contribution is -2.53. The Kier molecular flexibility index (Phi) is 2.62. The van der Waals surface area contributed by atoms with Gasteiger partial charge in [-0.1, -0.05) is 0 Å². The molecule has 3 fully saturated rings. The number of piperidine rings is 3. The molecule has 0 spiro atoms. The van der Waals surface area contributed by atoms with Crippen LogP contribution in [0.5, 0.6) is 0 Å². The maximum Gasteiger partial charge on any atom is 0.0907 e. The molecule has 0 radical (unpaired) electrons. The van der Waals surface area contributed by atoms with Crippen LogP contribution in [0.1, 0.15) is 12.8 Å². The Morgan fingerprint density at radius 1 is 1.05 bits per heavy atom. The van der Waals surface area contributed by atoms with Gasteiger partial charge in [-0.2, -0.15) is 0 Å². The second kappa shape index (κ2) is 4.46. The van der Waals surface area contributed by atoms with Crippen molar-refractivity contribution in [2.24, 2.45) is 5.92 Å². The zero-order valence-electron chi connectivity index (χ0n) is 10.9. The summed E-state index contributed by atoms with van der Waals surface area (Å²) in [7, 11) is 0. The first kappa shape index (κ1) is 11.2. The maximum absolute atomic E-state index is 4.37. The summed E-state index contributed by atoms with van der Waals surface area (Å²) in [4.78, 5) is 11.2. The van der Waals surface area contributed by atoms with E-state index in [0.717, 1.165) is 17.0 Å². The molecule has 3 aliphatic heterocycles. The van der Waals surface area contributed by atoms with Crippen LogP contribution in [0.2, 0.25) is 0 Å². The van der Waals surface area contributed by atoms with E-state index >= 15 is 0 Å². The molecule has 5 rings (SSSR count). The first-order chi connectivity index (χ1) is 9.38. The van der Waals surface area contributed by atoms with E-state index in [0.29, 0.717) is 6.04 Å². The fourth-order valence-corrected chi connectivity index (χ4v) is 3.40. The fourth-order valence-electron chi connectivity index (χ4n) is 3.40. The highest BCUT2D eigenvalue weighted by atomic mass is 15.2. The van der Waals surface area contributed by atoms with E-state index in [-0.39, 0.29) is 0 Å². The highest BCUT2D eigenvalue weighted by Gasteiger charge is 2.33. The van der Waals surface area contributed by atoms with E-state index in [1.807, 2.05) is 6.07 Å². The van der Waals surface area contributed by atoms with Gasteiger partial charge in [0.05, 0.1) is 11.0 Å². The minimum absolute atomic E-state index is 0.594. The van der Waals surface area contributed by atoms with Gasteiger partial charge in [-0.05, 0) is 50.0 Å². The summed E-state index contributed by atoms with van der Waals surface area (Å²) in [5.41, 5.74) is 3.10. The van der Waals surface area contributed by atoms with E-state index in [1.54, 1.807) is 12.4 Å². The van der Waals surface area contributed by atoms with E-state index in [4.69, 9.17) is 0 Å². The Balaban J connectivity index is 1.58. The molecular weight excluding hydrogens is 236 g/mol. The predicted molar refractivity (Wildman–Crippen MR) is 76.1 cm³/mol. The number of hydrogen-bond donors (Lipinski definition) is 1. The number of anilines is 1. The lowest BCUT2D eigenvalue weighted by molar-refractivity contribution is 0.0975. The monoisotopic (exact) mass is 254 g/mol. The van der Waals surface area contributed by atoms with Crippen molar-refractivity contribution in [3.05, 3.63) is 30.6 Å². The third kappa shape index (κ3) is 2.06. The second-order valence-corrected chi connectivity index (χ2v) is 5.65. The largest absolute Gasteiger partial charge is 0.381 e. The smallest absolute Gasteiger partial charge is 0.0907 e. The molecule has 2 bridgehead atoms. The van der Waals surface area contributed by atoms with Gasteiger partial charge in [0.1, 0.15) is 0 Å². The van der Waals surface area contributed by atoms with E-state index < -0.39 is 0 Å². The minimum Gasteiger partial charge on any atom is -0.381 e. The van der Waals surface area contributed by atoms with Gasteiger partial charge in [0.25, 0.3) is 0 Å². The van der Waals surface area contributed by atoms with Gasteiger partial charge >= 0.3 is 0 Å². The second-order valence-electron chi connectivity index (χ2n) is 5.65. The van der Waals surface area contributed by atoms with Crippen LogP contribution in [-0.2, 0) is 0 Å². The molecule has 0 aliphatic carbocycles. The van der Waals surface area contributed by atoms with Crippen LogP contribution in [0.25, 0.3) is 11.0 Å². The number of hydrogen-bond acceptors (Lipinski definition) is 4. The molecule has 0 saturated carbocycles. The number of benzene rings is 1. The zero-order chi connectivity index (χ0) is 12.7. The van der Waals surface area contributed by atoms with E-state index in [1.165, 1.54) is 38.2 Å². The molecule has 19 heavy (non-hydrogen) atoms. The van der Waals surface area contributed by atoms with Crippen molar-refractivity contribution < 1.29 is 0 Å². The van der Waals surface area contributed by atoms with Crippen LogP contribution in [0.15, 0.2) is 30.6 Å². The fraction of sp³-hybridized carbons (Fsp3) is 0.467. The van der Waals surface area contributed by atoms with Crippen LogP contribution >= 0.6 is 0 Å². The Morgan fingerprint density at radius 2 is 1.84 bits per heavy atom. The van der Waals surface area contributed by atoms with Gasteiger partial charge in [0.15, 0.2) is 0 Å². The van der Waals surface area contributed by atoms with Gasteiger partial charge in [-0.3, -0.25) is 9.97 Å². The van der Waals surface area contributed by atoms with Crippen molar-refractivity contribution in [1.82, 2.24) is 14.9 Å². The van der Waals surface area contributed by atoms with E-state index in [2.05, 4.69) is 32.3 Å². The van der Waals surface area contributed by atoms with Crippen LogP contribution < -0.4 is 5.32 Å². The standard InChI is InChI=1S/C15H18N4/c1-2-13-14(17-6-5-16-13)9-12(1)18-15-10-19-7-3-11(15)4-8-19/h1-2,5-6,9,11,15,18H,3-4,7-8,10H2. The highest BCUT2D eigenvalue weighted by Crippen LogP contribution is 2.30. The third-order valence-electron chi connectivity index (χ3n) is 4.48. The summed E-state index contributed by atoms with van der Waals surface area (Å²) in [6.07, 6.45) is 6.17. The first-order valence-electron chi connectivity index (χ1n) is 7.08. The number of nitrogens with zero attached hydrogens (tertiary/aromatic N) is 3. The third-order valence-corrected chi connectivity index (χ3v) is 4.48. The van der Waals surface area contributed by atoms with Gasteiger partial charge < -0.3 is 10.2 Å². The summed E-state index contributed by atoms with van der Waals surface area (Å²) in [6.45, 7) is 3.75. The first-order valence-corrected chi connectivity index (χ1v) is 7.08. The summed E-state index contributed by atoms with van der Waals surface area (Å²) in [5, 5.41) is 3.69. The molecule has 1 aromatic heterocycles. The molecule has 4 heteroatoms. The quantitative estimate of drug-likeness (QED) is 0.891. The van der Waals surface area contributed by atoms with Crippen molar-refractivity contribution in [2.75, 3.05) is 25.0 Å². The normalized spacial score (nSPS) is 29.6. The molecular formula is C15H18N4. The lowest BCUT2D eigenvalue weighted by Gasteiger charge is -2.45. The van der Waals surface area contributed by atoms with E-state index in [9.17, 15) is 0 Å². The highest BCUT2D eigenvalue weighted by molar-refractivity contribution is 5.78. The minimum atomic E-state index is 0.594. The van der Waals surface area contributed by atoms with Gasteiger partial charge in [0, 0.05) is 30.7 Å². The van der Waals surface area contributed by atoms with Crippen molar-refractivity contribution in [2.45, 2.75) is 18.9 Å². The van der Waals surface area contributed by atoms with Crippen LogP contribution in [0.3, 0.4) is 0 Å². The lowest BCUT2D eigenvalue weighted by atomic mass is 9.84. The molecule has 1 atom stereocenters. The van der Waals surface area contributed by atoms with Crippen molar-refractivity contribution in [1.29, 1.82) is 0 Å². The Morgan fingerprint density at radius 3 is 2.58 bits per heavy atom. The van der Waals surface area contributed by atoms with Crippen LogP contribution in [-0.4, -0.2) is 40.5 Å². The molecule has 0 amide bonds. The molecule has 1 unspecified atom stereocenters. The summed E-state index contributed by atoms with van der Waals surface area (Å²) in [6, 6.07) is 6.87. The molecule has 4 heterocycles. The summed E-state index contributed by atoms with van der Waals surface area (Å²) >= 11 is 0. The van der Waals surface area contributed by atoms with Crippen molar-refractivity contribution in [3.8, 4) is 0 Å². The zero-order valence-corrected chi connectivity index (χ0v) is 10.9. The van der Waals surface area contributed by atoms with Gasteiger partial charge in [-0.25, -0.2) is 0 Å². The molecule has 1 N–H and O–H groups in total. The summed E-state index contributed by atoms with van der Waals surface area (Å²) < 4.78 is 0. The van der Waals surface area contributed by atoms with Crippen molar-refractivity contribution >= 4 is 16.7 Å². The average Bonchev–Trinajstić information content (AvgIpc) is 2.48. The molecule has 3 aliphatic rings. The Bertz CT molecular complexity index is 589. The number of fused-ring (bicyclic) bond motifs is 4. The van der Waals surface area contributed by atoms with Crippen molar-refractivity contribution in [3.63, 3.8) is 0 Å². The molecule has 1 aromatic carbocycles. The molecule has 4 nitrogen and oxygen atoms in total. The molecule has 3 saturated heterocycles. The van der Waals surface area contributed by atoms with Gasteiger partial charge in [0.2, 0.25) is 0 Å². The van der Waals surface area contributed by atoms with Crippen LogP contribution in [0, 0.1) is 5.92 Å². The molecule has 98 valence electrons. The maximum atomic E-state index is 4.37. The van der Waals surface area contributed by atoms with Gasteiger partial charge in [-0.15, -0.1) is 0 Å². The topological polar surface area (TPSA) is 41.1 Å². The number of aromatic nitrogens is 2. The Labute approximate surface area is 112 Å². The SMILES string of the molecule is c1cnc2cc(NC3CN4CCC3CC4)ccc2n1. The van der Waals surface area contributed by atoms with Crippen LogP contribution in [0.4, 0.5) is 5.69 Å². The number of rotatable bonds is 2. The Hall–Kier alpha value is -1.68. The number of nitrogens with one attached hydrogen (secondary N) is 1. The average molecular weight is 254 g/mol. The molecule has 2 aromatic rings.